The van der Waals surface area contributed by atoms with Gasteiger partial charge in [0.2, 0.25) is 0 Å². The summed E-state index contributed by atoms with van der Waals surface area (Å²) in [6.07, 6.45) is 3.92. The van der Waals surface area contributed by atoms with Crippen LogP contribution in [-0.4, -0.2) is 25.9 Å². The van der Waals surface area contributed by atoms with E-state index in [1.165, 1.54) is 12.8 Å². The zero-order chi connectivity index (χ0) is 14.2. The van der Waals surface area contributed by atoms with E-state index in [9.17, 15) is 4.39 Å². The smallest absolute Gasteiger partial charge is 0.127 e. The van der Waals surface area contributed by atoms with Gasteiger partial charge in [-0.15, -0.1) is 0 Å². The molecule has 0 bridgehead atoms. The first-order chi connectivity index (χ1) is 9.83. The summed E-state index contributed by atoms with van der Waals surface area (Å²) in [5.74, 6) is 1.62. The summed E-state index contributed by atoms with van der Waals surface area (Å²) in [5, 5.41) is 3.47. The summed E-state index contributed by atoms with van der Waals surface area (Å²) in [7, 11) is 0. The third-order valence-electron chi connectivity index (χ3n) is 3.21. The van der Waals surface area contributed by atoms with Gasteiger partial charge in [0.05, 0.1) is 19.9 Å². The highest BCUT2D eigenvalue weighted by Crippen LogP contribution is 2.27. The maximum atomic E-state index is 12.2. The standard InChI is InChI=1S/C16H24FNO2/c1-2-9-19-15-7-4-13(12-18-14-5-6-14)16(11-15)20-10-3-8-17/h4,7,11,14,18H,2-3,5-6,8-10,12H2,1H3. The molecule has 1 aromatic rings. The average Bonchev–Trinajstić information content (AvgIpc) is 3.28. The lowest BCUT2D eigenvalue weighted by molar-refractivity contribution is 0.281. The number of halogens is 1. The van der Waals surface area contributed by atoms with E-state index in [0.29, 0.717) is 25.7 Å². The van der Waals surface area contributed by atoms with Crippen LogP contribution in [0.2, 0.25) is 0 Å². The van der Waals surface area contributed by atoms with Crippen LogP contribution in [0.15, 0.2) is 18.2 Å². The van der Waals surface area contributed by atoms with Gasteiger partial charge in [-0.2, -0.15) is 0 Å². The van der Waals surface area contributed by atoms with E-state index in [1.54, 1.807) is 0 Å². The first kappa shape index (κ1) is 15.1. The minimum absolute atomic E-state index is 0.346. The Morgan fingerprint density at radius 3 is 2.80 bits per heavy atom. The van der Waals surface area contributed by atoms with Crippen molar-refractivity contribution in [2.45, 2.75) is 45.2 Å². The van der Waals surface area contributed by atoms with Crippen LogP contribution in [0.4, 0.5) is 4.39 Å². The van der Waals surface area contributed by atoms with Crippen molar-refractivity contribution in [2.24, 2.45) is 0 Å². The number of ether oxygens (including phenoxy) is 2. The first-order valence-corrected chi connectivity index (χ1v) is 7.51. The molecule has 1 N–H and O–H groups in total. The topological polar surface area (TPSA) is 30.5 Å². The number of alkyl halides is 1. The number of nitrogens with one attached hydrogen (secondary N) is 1. The van der Waals surface area contributed by atoms with Gasteiger partial charge in [-0.3, -0.25) is 4.39 Å². The molecule has 0 aliphatic heterocycles. The van der Waals surface area contributed by atoms with Crippen LogP contribution in [-0.2, 0) is 6.54 Å². The van der Waals surface area contributed by atoms with Crippen molar-refractivity contribution in [3.63, 3.8) is 0 Å². The van der Waals surface area contributed by atoms with E-state index in [1.807, 2.05) is 18.2 Å². The molecular weight excluding hydrogens is 257 g/mol. The number of benzene rings is 1. The average molecular weight is 281 g/mol. The Hall–Kier alpha value is -1.29. The van der Waals surface area contributed by atoms with E-state index in [-0.39, 0.29) is 6.67 Å². The van der Waals surface area contributed by atoms with Crippen LogP contribution in [0.5, 0.6) is 11.5 Å². The van der Waals surface area contributed by atoms with Gasteiger partial charge in [0, 0.05) is 30.6 Å². The van der Waals surface area contributed by atoms with Crippen molar-refractivity contribution in [3.8, 4) is 11.5 Å². The molecule has 1 aromatic carbocycles. The molecule has 2 rings (SSSR count). The van der Waals surface area contributed by atoms with Gasteiger partial charge in [0.1, 0.15) is 11.5 Å². The highest BCUT2D eigenvalue weighted by Gasteiger charge is 2.20. The van der Waals surface area contributed by atoms with Crippen LogP contribution in [0.25, 0.3) is 0 Å². The molecule has 1 fully saturated rings. The fourth-order valence-corrected chi connectivity index (χ4v) is 1.90. The largest absolute Gasteiger partial charge is 0.493 e. The summed E-state index contributed by atoms with van der Waals surface area (Å²) < 4.78 is 23.5. The molecule has 0 unspecified atom stereocenters. The monoisotopic (exact) mass is 281 g/mol. The Kier molecular flexibility index (Phi) is 6.12. The molecule has 0 heterocycles. The molecule has 20 heavy (non-hydrogen) atoms. The van der Waals surface area contributed by atoms with Crippen LogP contribution in [0.1, 0.15) is 38.2 Å². The van der Waals surface area contributed by atoms with Crippen molar-refractivity contribution in [1.82, 2.24) is 5.32 Å². The number of hydrogen-bond acceptors (Lipinski definition) is 3. The highest BCUT2D eigenvalue weighted by molar-refractivity contribution is 5.40. The minimum atomic E-state index is -0.346. The van der Waals surface area contributed by atoms with Crippen molar-refractivity contribution in [1.29, 1.82) is 0 Å². The van der Waals surface area contributed by atoms with Gasteiger partial charge in [0.15, 0.2) is 0 Å². The van der Waals surface area contributed by atoms with E-state index in [4.69, 9.17) is 9.47 Å². The van der Waals surface area contributed by atoms with Gasteiger partial charge in [-0.05, 0) is 25.3 Å². The van der Waals surface area contributed by atoms with Crippen molar-refractivity contribution in [3.05, 3.63) is 23.8 Å². The number of hydrogen-bond donors (Lipinski definition) is 1. The molecule has 0 aromatic heterocycles. The summed E-state index contributed by atoms with van der Waals surface area (Å²) >= 11 is 0. The molecule has 4 heteroatoms. The fraction of sp³-hybridized carbons (Fsp3) is 0.625. The van der Waals surface area contributed by atoms with Crippen molar-refractivity contribution in [2.75, 3.05) is 19.9 Å². The Morgan fingerprint density at radius 2 is 2.10 bits per heavy atom. The normalized spacial score (nSPS) is 14.3. The zero-order valence-corrected chi connectivity index (χ0v) is 12.2. The Labute approximate surface area is 120 Å². The van der Waals surface area contributed by atoms with Crippen LogP contribution in [0.3, 0.4) is 0 Å². The minimum Gasteiger partial charge on any atom is -0.493 e. The molecule has 1 saturated carbocycles. The lowest BCUT2D eigenvalue weighted by Crippen LogP contribution is -2.16. The zero-order valence-electron chi connectivity index (χ0n) is 12.2. The summed E-state index contributed by atoms with van der Waals surface area (Å²) in [5.41, 5.74) is 1.11. The lowest BCUT2D eigenvalue weighted by Gasteiger charge is -2.14. The predicted molar refractivity (Wildman–Crippen MR) is 78.2 cm³/mol. The van der Waals surface area contributed by atoms with Crippen LogP contribution in [0, 0.1) is 0 Å². The predicted octanol–water partition coefficient (Wildman–Crippen LogP) is 3.47. The molecule has 0 amide bonds. The van der Waals surface area contributed by atoms with E-state index in [0.717, 1.165) is 30.0 Å². The second-order valence-corrected chi connectivity index (χ2v) is 5.16. The first-order valence-electron chi connectivity index (χ1n) is 7.51. The third-order valence-corrected chi connectivity index (χ3v) is 3.21. The maximum absolute atomic E-state index is 12.2. The van der Waals surface area contributed by atoms with Crippen LogP contribution < -0.4 is 14.8 Å². The van der Waals surface area contributed by atoms with Gasteiger partial charge in [-0.25, -0.2) is 0 Å². The summed E-state index contributed by atoms with van der Waals surface area (Å²) in [6.45, 7) is 3.63. The Morgan fingerprint density at radius 1 is 1.25 bits per heavy atom. The maximum Gasteiger partial charge on any atom is 0.127 e. The molecule has 0 saturated heterocycles. The van der Waals surface area contributed by atoms with Crippen molar-refractivity contribution < 1.29 is 13.9 Å². The molecule has 0 atom stereocenters. The van der Waals surface area contributed by atoms with E-state index >= 15 is 0 Å². The molecule has 0 radical (unpaired) electrons. The highest BCUT2D eigenvalue weighted by atomic mass is 19.1. The SMILES string of the molecule is CCCOc1ccc(CNC2CC2)c(OCCCF)c1. The molecule has 1 aliphatic carbocycles. The van der Waals surface area contributed by atoms with E-state index < -0.39 is 0 Å². The van der Waals surface area contributed by atoms with Gasteiger partial charge < -0.3 is 14.8 Å². The number of rotatable bonds is 10. The van der Waals surface area contributed by atoms with Crippen molar-refractivity contribution >= 4 is 0 Å². The summed E-state index contributed by atoms with van der Waals surface area (Å²) in [4.78, 5) is 0. The Bertz CT molecular complexity index is 407. The fourth-order valence-electron chi connectivity index (χ4n) is 1.90. The second kappa shape index (κ2) is 8.10. The molecular formula is C16H24FNO2. The van der Waals surface area contributed by atoms with Gasteiger partial charge in [0.25, 0.3) is 0 Å². The van der Waals surface area contributed by atoms with E-state index in [2.05, 4.69) is 12.2 Å². The molecule has 0 spiro atoms. The molecule has 112 valence electrons. The van der Waals surface area contributed by atoms with Crippen LogP contribution >= 0.6 is 0 Å². The van der Waals surface area contributed by atoms with Gasteiger partial charge in [-0.1, -0.05) is 13.0 Å². The second-order valence-electron chi connectivity index (χ2n) is 5.16. The molecule has 1 aliphatic rings. The van der Waals surface area contributed by atoms with Gasteiger partial charge >= 0.3 is 0 Å². The Balaban J connectivity index is 1.98. The summed E-state index contributed by atoms with van der Waals surface area (Å²) in [6, 6.07) is 6.58. The lowest BCUT2D eigenvalue weighted by atomic mass is 10.2. The third kappa shape index (κ3) is 5.00. The quantitative estimate of drug-likeness (QED) is 0.666. The molecule has 3 nitrogen and oxygen atoms in total.